The molecule has 0 heterocycles. The van der Waals surface area contributed by atoms with Crippen molar-refractivity contribution >= 4 is 5.78 Å². The third kappa shape index (κ3) is 5.64. The maximum Gasteiger partial charge on any atom is 0.186 e. The van der Waals surface area contributed by atoms with Crippen molar-refractivity contribution in [2.45, 2.75) is 59.8 Å². The van der Waals surface area contributed by atoms with Crippen LogP contribution < -0.4 is 0 Å². The Morgan fingerprint density at radius 2 is 1.44 bits per heavy atom. The van der Waals surface area contributed by atoms with E-state index >= 15 is 0 Å². The van der Waals surface area contributed by atoms with Gasteiger partial charge in [0.2, 0.25) is 0 Å². The van der Waals surface area contributed by atoms with Gasteiger partial charge in [0.25, 0.3) is 0 Å². The summed E-state index contributed by atoms with van der Waals surface area (Å²) in [7, 11) is 0. The second-order valence-electron chi connectivity index (χ2n) is 4.80. The highest BCUT2D eigenvalue weighted by atomic mass is 16.1. The predicted octanol–water partition coefficient (Wildman–Crippen LogP) is 3.40. The molecule has 0 amide bonds. The molecule has 2 nitrogen and oxygen atoms in total. The summed E-state index contributed by atoms with van der Waals surface area (Å²) in [6.45, 7) is 12.8. The third-order valence-electron chi connectivity index (χ3n) is 3.83. The zero-order chi connectivity index (χ0) is 12.4. The van der Waals surface area contributed by atoms with Crippen LogP contribution in [-0.2, 0) is 4.79 Å². The number of hydrogen-bond donors (Lipinski definition) is 0. The van der Waals surface area contributed by atoms with Gasteiger partial charge in [-0.3, -0.25) is 4.79 Å². The average Bonchev–Trinajstić information content (AvgIpc) is 2.32. The molecule has 0 aromatic carbocycles. The van der Waals surface area contributed by atoms with Crippen molar-refractivity contribution < 1.29 is 9.28 Å². The van der Waals surface area contributed by atoms with Crippen molar-refractivity contribution in [1.29, 1.82) is 0 Å². The van der Waals surface area contributed by atoms with Crippen LogP contribution in [0.1, 0.15) is 59.8 Å². The minimum atomic E-state index is 0.460. The summed E-state index contributed by atoms with van der Waals surface area (Å²) in [5, 5.41) is 0. The Kier molecular flexibility index (Phi) is 8.54. The monoisotopic (exact) mass is 228 g/mol. The van der Waals surface area contributed by atoms with Gasteiger partial charge in [0.1, 0.15) is 6.54 Å². The van der Waals surface area contributed by atoms with Crippen molar-refractivity contribution in [1.82, 2.24) is 0 Å². The average molecular weight is 228 g/mol. The molecule has 2 heteroatoms. The smallest absolute Gasteiger partial charge is 0.186 e. The molecular weight excluding hydrogens is 198 g/mol. The largest absolute Gasteiger partial charge is 0.318 e. The van der Waals surface area contributed by atoms with Crippen LogP contribution in [0.2, 0.25) is 0 Å². The molecule has 0 atom stereocenters. The highest BCUT2D eigenvalue weighted by Gasteiger charge is 2.23. The van der Waals surface area contributed by atoms with E-state index in [1.807, 2.05) is 0 Å². The van der Waals surface area contributed by atoms with Crippen LogP contribution in [-0.4, -0.2) is 36.4 Å². The maximum absolute atomic E-state index is 11.9. The van der Waals surface area contributed by atoms with Gasteiger partial charge in [-0.1, -0.05) is 26.2 Å². The topological polar surface area (TPSA) is 17.1 Å². The van der Waals surface area contributed by atoms with Crippen LogP contribution in [0, 0.1) is 0 Å². The second kappa shape index (κ2) is 8.74. The molecule has 0 N–H and O–H groups in total. The van der Waals surface area contributed by atoms with E-state index < -0.39 is 0 Å². The number of unbranched alkanes of at least 4 members (excludes halogenated alkanes) is 3. The summed E-state index contributed by atoms with van der Waals surface area (Å²) < 4.78 is 0.965. The number of carbonyl (C=O) groups is 1. The molecule has 0 aliphatic rings. The lowest BCUT2D eigenvalue weighted by Gasteiger charge is -2.35. The summed E-state index contributed by atoms with van der Waals surface area (Å²) >= 11 is 0. The van der Waals surface area contributed by atoms with Crippen LogP contribution in [0.5, 0.6) is 0 Å². The standard InChI is InChI=1S/C14H30NO/c1-5-9-10-11-12-14(16)13-15(6-2,7-3)8-4/h5-13H2,1-4H3/q+1. The second-order valence-corrected chi connectivity index (χ2v) is 4.80. The zero-order valence-electron chi connectivity index (χ0n) is 11.7. The van der Waals surface area contributed by atoms with E-state index in [1.54, 1.807) is 0 Å². The summed E-state index contributed by atoms with van der Waals surface area (Å²) in [6, 6.07) is 0. The number of likely N-dealkylation sites (N-methyl/N-ethyl adjacent to an activating group) is 1. The molecule has 16 heavy (non-hydrogen) atoms. The number of rotatable bonds is 10. The predicted molar refractivity (Wildman–Crippen MR) is 70.5 cm³/mol. The van der Waals surface area contributed by atoms with Gasteiger partial charge in [0.05, 0.1) is 19.6 Å². The van der Waals surface area contributed by atoms with Gasteiger partial charge in [-0.2, -0.15) is 0 Å². The van der Waals surface area contributed by atoms with E-state index in [0.29, 0.717) is 5.78 Å². The molecule has 0 aromatic heterocycles. The summed E-state index contributed by atoms with van der Waals surface area (Å²) in [5.41, 5.74) is 0. The fourth-order valence-corrected chi connectivity index (χ4v) is 2.21. The van der Waals surface area contributed by atoms with Gasteiger partial charge < -0.3 is 4.48 Å². The van der Waals surface area contributed by atoms with Gasteiger partial charge in [-0.05, 0) is 27.2 Å². The van der Waals surface area contributed by atoms with E-state index in [0.717, 1.165) is 43.5 Å². The number of carbonyl (C=O) groups excluding carboxylic acids is 1. The fraction of sp³-hybridized carbons (Fsp3) is 0.929. The first-order valence-corrected chi connectivity index (χ1v) is 7.00. The van der Waals surface area contributed by atoms with E-state index in [9.17, 15) is 4.79 Å². The first-order valence-electron chi connectivity index (χ1n) is 7.00. The highest BCUT2D eigenvalue weighted by Crippen LogP contribution is 2.09. The van der Waals surface area contributed by atoms with Crippen LogP contribution in [0.3, 0.4) is 0 Å². The van der Waals surface area contributed by atoms with Crippen molar-refractivity contribution in [2.24, 2.45) is 0 Å². The Labute approximate surface area is 102 Å². The molecule has 0 aromatic rings. The number of Topliss-reactive ketones (excluding diaryl/α,β-unsaturated/α-hetero) is 1. The number of quaternary nitrogens is 1. The molecule has 0 unspecified atom stereocenters. The van der Waals surface area contributed by atoms with Crippen LogP contribution in [0.15, 0.2) is 0 Å². The third-order valence-corrected chi connectivity index (χ3v) is 3.83. The van der Waals surface area contributed by atoms with Gasteiger partial charge >= 0.3 is 0 Å². The lowest BCUT2D eigenvalue weighted by atomic mass is 10.1. The van der Waals surface area contributed by atoms with Crippen LogP contribution in [0.25, 0.3) is 0 Å². The van der Waals surface area contributed by atoms with Crippen LogP contribution in [0.4, 0.5) is 0 Å². The van der Waals surface area contributed by atoms with Crippen LogP contribution >= 0.6 is 0 Å². The van der Waals surface area contributed by atoms with E-state index in [2.05, 4.69) is 27.7 Å². The summed E-state index contributed by atoms with van der Waals surface area (Å²) in [4.78, 5) is 11.9. The van der Waals surface area contributed by atoms with E-state index in [1.165, 1.54) is 19.3 Å². The Morgan fingerprint density at radius 1 is 0.875 bits per heavy atom. The highest BCUT2D eigenvalue weighted by molar-refractivity contribution is 5.79. The number of hydrogen-bond acceptors (Lipinski definition) is 1. The first kappa shape index (κ1) is 15.6. The molecule has 0 aliphatic heterocycles. The van der Waals surface area contributed by atoms with E-state index in [-0.39, 0.29) is 0 Å². The Hall–Kier alpha value is -0.370. The molecule has 0 fully saturated rings. The fourth-order valence-electron chi connectivity index (χ4n) is 2.21. The molecule has 96 valence electrons. The molecule has 0 bridgehead atoms. The number of nitrogens with zero attached hydrogens (tertiary/aromatic N) is 1. The van der Waals surface area contributed by atoms with Crippen molar-refractivity contribution in [3.63, 3.8) is 0 Å². The normalized spacial score (nSPS) is 11.8. The molecule has 0 radical (unpaired) electrons. The van der Waals surface area contributed by atoms with Gasteiger partial charge in [-0.25, -0.2) is 0 Å². The van der Waals surface area contributed by atoms with Crippen molar-refractivity contribution in [3.8, 4) is 0 Å². The lowest BCUT2D eigenvalue weighted by molar-refractivity contribution is -0.915. The zero-order valence-corrected chi connectivity index (χ0v) is 11.7. The Morgan fingerprint density at radius 3 is 1.88 bits per heavy atom. The Balaban J connectivity index is 3.91. The first-order chi connectivity index (χ1) is 7.64. The maximum atomic E-state index is 11.9. The van der Waals surface area contributed by atoms with Crippen molar-refractivity contribution in [3.05, 3.63) is 0 Å². The SMILES string of the molecule is CCCCCCC(=O)C[N+](CC)(CC)CC. The Bertz CT molecular complexity index is 177. The molecule has 0 saturated heterocycles. The van der Waals surface area contributed by atoms with Gasteiger partial charge in [0, 0.05) is 6.42 Å². The number of ketones is 1. The summed E-state index contributed by atoms with van der Waals surface area (Å²) in [6.07, 6.45) is 5.60. The van der Waals surface area contributed by atoms with E-state index in [4.69, 9.17) is 0 Å². The molecular formula is C14H30NO+. The summed E-state index contributed by atoms with van der Waals surface area (Å²) in [5.74, 6) is 0.460. The molecule has 0 saturated carbocycles. The minimum absolute atomic E-state index is 0.460. The van der Waals surface area contributed by atoms with Crippen molar-refractivity contribution in [2.75, 3.05) is 26.2 Å². The van der Waals surface area contributed by atoms with Gasteiger partial charge in [-0.15, -0.1) is 0 Å². The molecule has 0 aliphatic carbocycles. The molecule has 0 spiro atoms. The van der Waals surface area contributed by atoms with Gasteiger partial charge in [0.15, 0.2) is 5.78 Å². The lowest BCUT2D eigenvalue weighted by Crippen LogP contribution is -2.50. The quantitative estimate of drug-likeness (QED) is 0.414. The molecule has 0 rings (SSSR count). The minimum Gasteiger partial charge on any atom is -0.318 e.